The molecule has 0 saturated heterocycles. The molecule has 0 spiro atoms. The summed E-state index contributed by atoms with van der Waals surface area (Å²) >= 11 is 3.26. The van der Waals surface area contributed by atoms with E-state index in [1.165, 1.54) is 0 Å². The lowest BCUT2D eigenvalue weighted by atomic mass is 9.76. The molecule has 76 valence electrons. The third-order valence-electron chi connectivity index (χ3n) is 2.95. The minimum Gasteiger partial charge on any atom is -0.317 e. The minimum atomic E-state index is -0.0843. The molecule has 14 heavy (non-hydrogen) atoms. The van der Waals surface area contributed by atoms with Crippen LogP contribution in [-0.2, 0) is 0 Å². The second-order valence-electron chi connectivity index (χ2n) is 3.82. The summed E-state index contributed by atoms with van der Waals surface area (Å²) < 4.78 is 14.3. The van der Waals surface area contributed by atoms with Crippen molar-refractivity contribution in [3.8, 4) is 0 Å². The smallest absolute Gasteiger partial charge is 0.127 e. The fourth-order valence-electron chi connectivity index (χ4n) is 1.94. The first-order valence-electron chi connectivity index (χ1n) is 4.83. The zero-order chi connectivity index (χ0) is 10.1. The number of hydrogen-bond donors (Lipinski definition) is 1. The van der Waals surface area contributed by atoms with Crippen molar-refractivity contribution in [2.45, 2.75) is 24.8 Å². The van der Waals surface area contributed by atoms with Gasteiger partial charge < -0.3 is 5.32 Å². The molecule has 0 amide bonds. The Morgan fingerprint density at radius 3 is 2.71 bits per heavy atom. The molecule has 1 aliphatic carbocycles. The van der Waals surface area contributed by atoms with Gasteiger partial charge in [0.2, 0.25) is 0 Å². The van der Waals surface area contributed by atoms with Crippen molar-refractivity contribution in [1.29, 1.82) is 0 Å². The molecule has 1 aliphatic rings. The highest BCUT2D eigenvalue weighted by Gasteiger charge is 2.30. The first-order valence-corrected chi connectivity index (χ1v) is 5.62. The fourth-order valence-corrected chi connectivity index (χ4v) is 2.27. The third-order valence-corrected chi connectivity index (χ3v) is 3.44. The Labute approximate surface area is 91.8 Å². The summed E-state index contributed by atoms with van der Waals surface area (Å²) in [4.78, 5) is 0. The van der Waals surface area contributed by atoms with Crippen molar-refractivity contribution in [1.82, 2.24) is 5.32 Å². The summed E-state index contributed by atoms with van der Waals surface area (Å²) in [6.45, 7) is 0. The van der Waals surface area contributed by atoms with Crippen LogP contribution in [0.15, 0.2) is 22.7 Å². The average molecular weight is 258 g/mol. The van der Waals surface area contributed by atoms with E-state index in [4.69, 9.17) is 0 Å². The maximum Gasteiger partial charge on any atom is 0.127 e. The summed E-state index contributed by atoms with van der Waals surface area (Å²) in [5, 5.41) is 3.20. The summed E-state index contributed by atoms with van der Waals surface area (Å²) in [5.74, 6) is 0.319. The van der Waals surface area contributed by atoms with Crippen LogP contribution in [0, 0.1) is 5.82 Å². The topological polar surface area (TPSA) is 12.0 Å². The lowest BCUT2D eigenvalue weighted by Gasteiger charge is -2.35. The number of benzene rings is 1. The monoisotopic (exact) mass is 257 g/mol. The molecule has 1 aromatic carbocycles. The predicted octanol–water partition coefficient (Wildman–Crippen LogP) is 3.05. The quantitative estimate of drug-likeness (QED) is 0.859. The minimum absolute atomic E-state index is 0.0843. The largest absolute Gasteiger partial charge is 0.317 e. The van der Waals surface area contributed by atoms with Crippen LogP contribution in [-0.4, -0.2) is 13.1 Å². The van der Waals surface area contributed by atoms with Gasteiger partial charge in [0.05, 0.1) is 0 Å². The van der Waals surface area contributed by atoms with E-state index in [9.17, 15) is 4.39 Å². The Morgan fingerprint density at radius 2 is 2.14 bits per heavy atom. The van der Waals surface area contributed by atoms with Gasteiger partial charge in [0, 0.05) is 10.5 Å². The maximum atomic E-state index is 13.5. The van der Waals surface area contributed by atoms with Gasteiger partial charge in [-0.15, -0.1) is 0 Å². The van der Waals surface area contributed by atoms with Gasteiger partial charge in [0.1, 0.15) is 5.82 Å². The molecule has 0 bridgehead atoms. The second kappa shape index (κ2) is 3.99. The standard InChI is InChI=1S/C11H13BrFN/c1-14-9-4-7(5-9)10-3-2-8(12)6-11(10)13/h2-3,6-7,9,14H,4-5H2,1H3. The van der Waals surface area contributed by atoms with Crippen LogP contribution in [0.2, 0.25) is 0 Å². The van der Waals surface area contributed by atoms with E-state index >= 15 is 0 Å². The van der Waals surface area contributed by atoms with E-state index in [1.807, 2.05) is 19.2 Å². The van der Waals surface area contributed by atoms with E-state index in [1.54, 1.807) is 6.07 Å². The van der Waals surface area contributed by atoms with Gasteiger partial charge in [-0.25, -0.2) is 4.39 Å². The molecule has 0 aromatic heterocycles. The molecule has 0 atom stereocenters. The molecule has 0 radical (unpaired) electrons. The van der Waals surface area contributed by atoms with Gasteiger partial charge in [0.25, 0.3) is 0 Å². The molecule has 0 unspecified atom stereocenters. The molecule has 0 heterocycles. The van der Waals surface area contributed by atoms with E-state index < -0.39 is 0 Å². The lowest BCUT2D eigenvalue weighted by molar-refractivity contribution is 0.301. The van der Waals surface area contributed by atoms with Crippen molar-refractivity contribution in [2.75, 3.05) is 7.05 Å². The van der Waals surface area contributed by atoms with Crippen LogP contribution in [0.3, 0.4) is 0 Å². The van der Waals surface area contributed by atoms with Crippen LogP contribution >= 0.6 is 15.9 Å². The van der Waals surface area contributed by atoms with Gasteiger partial charge in [-0.05, 0) is 43.5 Å². The van der Waals surface area contributed by atoms with Gasteiger partial charge in [0.15, 0.2) is 0 Å². The summed E-state index contributed by atoms with van der Waals surface area (Å²) in [6.07, 6.45) is 2.10. The van der Waals surface area contributed by atoms with Crippen LogP contribution in [0.5, 0.6) is 0 Å². The third kappa shape index (κ3) is 1.84. The number of hydrogen-bond acceptors (Lipinski definition) is 1. The molecule has 1 nitrogen and oxygen atoms in total. The summed E-state index contributed by atoms with van der Waals surface area (Å²) in [7, 11) is 1.96. The van der Waals surface area contributed by atoms with Crippen LogP contribution in [0.4, 0.5) is 4.39 Å². The normalized spacial score (nSPS) is 25.9. The fraction of sp³-hybridized carbons (Fsp3) is 0.455. The van der Waals surface area contributed by atoms with E-state index in [0.717, 1.165) is 22.9 Å². The maximum absolute atomic E-state index is 13.5. The molecule has 1 fully saturated rings. The van der Waals surface area contributed by atoms with Gasteiger partial charge >= 0.3 is 0 Å². The molecule has 1 N–H and O–H groups in total. The van der Waals surface area contributed by atoms with Gasteiger partial charge in [-0.2, -0.15) is 0 Å². The van der Waals surface area contributed by atoms with Crippen LogP contribution < -0.4 is 5.32 Å². The lowest BCUT2D eigenvalue weighted by Crippen LogP contribution is -2.37. The van der Waals surface area contributed by atoms with Crippen molar-refractivity contribution in [3.05, 3.63) is 34.1 Å². The molecular weight excluding hydrogens is 245 g/mol. The molecule has 1 saturated carbocycles. The molecule has 3 heteroatoms. The SMILES string of the molecule is CNC1CC(c2ccc(Br)cc2F)C1. The van der Waals surface area contributed by atoms with Crippen LogP contribution in [0.1, 0.15) is 24.3 Å². The zero-order valence-corrected chi connectivity index (χ0v) is 9.64. The first kappa shape index (κ1) is 10.1. The number of halogens is 2. The van der Waals surface area contributed by atoms with E-state index in [-0.39, 0.29) is 5.82 Å². The van der Waals surface area contributed by atoms with E-state index in [0.29, 0.717) is 12.0 Å². The Morgan fingerprint density at radius 1 is 1.43 bits per heavy atom. The average Bonchev–Trinajstić information content (AvgIpc) is 2.06. The highest BCUT2D eigenvalue weighted by Crippen LogP contribution is 2.38. The summed E-state index contributed by atoms with van der Waals surface area (Å²) in [5.41, 5.74) is 0.861. The van der Waals surface area contributed by atoms with Gasteiger partial charge in [-0.1, -0.05) is 22.0 Å². The van der Waals surface area contributed by atoms with Crippen molar-refractivity contribution < 1.29 is 4.39 Å². The van der Waals surface area contributed by atoms with Gasteiger partial charge in [-0.3, -0.25) is 0 Å². The summed E-state index contributed by atoms with van der Waals surface area (Å²) in [6, 6.07) is 5.91. The zero-order valence-electron chi connectivity index (χ0n) is 8.06. The molecular formula is C11H13BrFN. The molecule has 1 aromatic rings. The van der Waals surface area contributed by atoms with Crippen molar-refractivity contribution in [3.63, 3.8) is 0 Å². The Hall–Kier alpha value is -0.410. The number of nitrogens with one attached hydrogen (secondary N) is 1. The Balaban J connectivity index is 2.11. The Bertz CT molecular complexity index is 334. The van der Waals surface area contributed by atoms with Crippen molar-refractivity contribution in [2.24, 2.45) is 0 Å². The number of rotatable bonds is 2. The van der Waals surface area contributed by atoms with Crippen LogP contribution in [0.25, 0.3) is 0 Å². The second-order valence-corrected chi connectivity index (χ2v) is 4.74. The van der Waals surface area contributed by atoms with E-state index in [2.05, 4.69) is 21.2 Å². The molecule has 0 aliphatic heterocycles. The highest BCUT2D eigenvalue weighted by molar-refractivity contribution is 9.10. The molecule has 2 rings (SSSR count). The highest BCUT2D eigenvalue weighted by atomic mass is 79.9. The van der Waals surface area contributed by atoms with Crippen molar-refractivity contribution >= 4 is 15.9 Å². The first-order chi connectivity index (χ1) is 6.70. The predicted molar refractivity (Wildman–Crippen MR) is 58.9 cm³/mol. The Kier molecular flexibility index (Phi) is 2.88.